The third-order valence-corrected chi connectivity index (χ3v) is 1.82. The molecule has 0 atom stereocenters. The number of hydrogen-bond acceptors (Lipinski definition) is 2. The second-order valence-electron chi connectivity index (χ2n) is 3.02. The Morgan fingerprint density at radius 1 is 1.27 bits per heavy atom. The Morgan fingerprint density at radius 2 is 2.09 bits per heavy atom. The summed E-state index contributed by atoms with van der Waals surface area (Å²) in [6.07, 6.45) is 7.99. The van der Waals surface area contributed by atoms with Crippen LogP contribution in [-0.4, -0.2) is 31.8 Å². The fourth-order valence-electron chi connectivity index (χ4n) is 1.15. The van der Waals surface area contributed by atoms with Crippen molar-refractivity contribution in [3.63, 3.8) is 0 Å². The molecule has 2 heteroatoms. The van der Waals surface area contributed by atoms with Crippen LogP contribution in [0.4, 0.5) is 0 Å². The highest BCUT2D eigenvalue weighted by molar-refractivity contribution is 4.81. The van der Waals surface area contributed by atoms with Crippen LogP contribution >= 0.6 is 0 Å². The highest BCUT2D eigenvalue weighted by Gasteiger charge is 1.97. The van der Waals surface area contributed by atoms with Gasteiger partial charge in [-0.25, -0.2) is 0 Å². The van der Waals surface area contributed by atoms with Crippen LogP contribution in [0.3, 0.4) is 0 Å². The van der Waals surface area contributed by atoms with Gasteiger partial charge < -0.3 is 4.74 Å². The maximum atomic E-state index is 5.40. The average molecular weight is 155 g/mol. The lowest BCUT2D eigenvalue weighted by Crippen LogP contribution is -2.23. The van der Waals surface area contributed by atoms with Gasteiger partial charge in [-0.1, -0.05) is 12.2 Å². The van der Waals surface area contributed by atoms with Gasteiger partial charge >= 0.3 is 0 Å². The molecule has 11 heavy (non-hydrogen) atoms. The van der Waals surface area contributed by atoms with Crippen molar-refractivity contribution >= 4 is 0 Å². The number of hydrogen-bond donors (Lipinski definition) is 0. The zero-order valence-electron chi connectivity index (χ0n) is 7.25. The van der Waals surface area contributed by atoms with Gasteiger partial charge in [0.15, 0.2) is 0 Å². The molecule has 0 aliphatic carbocycles. The Balaban J connectivity index is 2.23. The van der Waals surface area contributed by atoms with E-state index in [0.717, 1.165) is 26.3 Å². The summed E-state index contributed by atoms with van der Waals surface area (Å²) < 4.78 is 5.40. The van der Waals surface area contributed by atoms with Crippen molar-refractivity contribution in [3.8, 4) is 0 Å². The van der Waals surface area contributed by atoms with E-state index in [1.54, 1.807) is 0 Å². The molecule has 1 rings (SSSR count). The molecule has 2 nitrogen and oxygen atoms in total. The lowest BCUT2D eigenvalue weighted by Gasteiger charge is -2.16. The number of nitrogens with zero attached hydrogens (tertiary/aromatic N) is 1. The van der Waals surface area contributed by atoms with E-state index in [1.807, 2.05) is 0 Å². The molecule has 0 radical (unpaired) electrons. The van der Waals surface area contributed by atoms with E-state index in [1.165, 1.54) is 12.8 Å². The van der Waals surface area contributed by atoms with Gasteiger partial charge in [-0.3, -0.25) is 4.90 Å². The van der Waals surface area contributed by atoms with Crippen molar-refractivity contribution in [1.29, 1.82) is 0 Å². The molecular weight excluding hydrogens is 138 g/mol. The van der Waals surface area contributed by atoms with E-state index in [4.69, 9.17) is 4.74 Å². The van der Waals surface area contributed by atoms with Crippen molar-refractivity contribution in [2.24, 2.45) is 0 Å². The molecule has 0 aromatic carbocycles. The van der Waals surface area contributed by atoms with Gasteiger partial charge in [0.25, 0.3) is 0 Å². The second kappa shape index (κ2) is 5.33. The molecule has 0 aromatic heterocycles. The van der Waals surface area contributed by atoms with E-state index in [2.05, 4.69) is 24.1 Å². The maximum Gasteiger partial charge on any atom is 0.0987 e. The fraction of sp³-hybridized carbons (Fsp3) is 0.778. The van der Waals surface area contributed by atoms with Gasteiger partial charge in [0.05, 0.1) is 13.3 Å². The lowest BCUT2D eigenvalue weighted by atomic mass is 10.2. The molecule has 0 spiro atoms. The van der Waals surface area contributed by atoms with E-state index < -0.39 is 0 Å². The number of rotatable bonds is 0. The Labute approximate surface area is 68.8 Å². The number of ether oxygens (including phenoxy) is 1. The Kier molecular flexibility index (Phi) is 4.24. The van der Waals surface area contributed by atoms with E-state index in [-0.39, 0.29) is 0 Å². The predicted molar refractivity (Wildman–Crippen MR) is 46.4 cm³/mol. The summed E-state index contributed by atoms with van der Waals surface area (Å²) in [5.74, 6) is 0. The van der Waals surface area contributed by atoms with Crippen LogP contribution in [0.25, 0.3) is 0 Å². The summed E-state index contributed by atoms with van der Waals surface area (Å²) in [4.78, 5) is 2.22. The van der Waals surface area contributed by atoms with Gasteiger partial charge in [-0.2, -0.15) is 0 Å². The molecule has 0 N–H and O–H groups in total. The highest BCUT2D eigenvalue weighted by atomic mass is 16.5. The first-order valence-electron chi connectivity index (χ1n) is 4.31. The van der Waals surface area contributed by atoms with Crippen LogP contribution in [0.1, 0.15) is 19.3 Å². The van der Waals surface area contributed by atoms with Crippen LogP contribution in [0, 0.1) is 0 Å². The van der Waals surface area contributed by atoms with Crippen molar-refractivity contribution in [3.05, 3.63) is 12.2 Å². The minimum atomic E-state index is 0.786. The summed E-state index contributed by atoms with van der Waals surface area (Å²) in [5.41, 5.74) is 0. The van der Waals surface area contributed by atoms with Crippen LogP contribution in [0.2, 0.25) is 0 Å². The van der Waals surface area contributed by atoms with Crippen molar-refractivity contribution < 1.29 is 4.74 Å². The van der Waals surface area contributed by atoms with E-state index in [0.29, 0.717) is 0 Å². The van der Waals surface area contributed by atoms with E-state index >= 15 is 0 Å². The van der Waals surface area contributed by atoms with Gasteiger partial charge in [0.2, 0.25) is 0 Å². The maximum absolute atomic E-state index is 5.40. The molecule has 1 heterocycles. The summed E-state index contributed by atoms with van der Waals surface area (Å²) in [6.45, 7) is 2.79. The van der Waals surface area contributed by atoms with Crippen molar-refractivity contribution in [2.75, 3.05) is 26.9 Å². The summed E-state index contributed by atoms with van der Waals surface area (Å²) in [5, 5.41) is 0. The van der Waals surface area contributed by atoms with Gasteiger partial charge in [-0.15, -0.1) is 0 Å². The molecular formula is C9H17NO. The quantitative estimate of drug-likeness (QED) is 0.493. The van der Waals surface area contributed by atoms with Crippen LogP contribution < -0.4 is 0 Å². The normalized spacial score (nSPS) is 26.3. The summed E-state index contributed by atoms with van der Waals surface area (Å²) >= 11 is 0. The molecule has 0 fully saturated rings. The fourth-order valence-corrected chi connectivity index (χ4v) is 1.15. The van der Waals surface area contributed by atoms with Gasteiger partial charge in [-0.05, 0) is 26.3 Å². The van der Waals surface area contributed by atoms with Crippen LogP contribution in [-0.2, 0) is 4.74 Å². The van der Waals surface area contributed by atoms with Crippen molar-refractivity contribution in [2.45, 2.75) is 19.3 Å². The molecule has 0 saturated heterocycles. The Hall–Kier alpha value is -0.340. The SMILES string of the molecule is CN1CCC/C=C/CCOC1. The summed E-state index contributed by atoms with van der Waals surface area (Å²) in [7, 11) is 2.10. The minimum Gasteiger partial charge on any atom is -0.366 e. The predicted octanol–water partition coefficient (Wildman–Crippen LogP) is 1.63. The molecule has 0 bridgehead atoms. The topological polar surface area (TPSA) is 12.5 Å². The Morgan fingerprint density at radius 3 is 3.00 bits per heavy atom. The Bertz CT molecular complexity index is 123. The van der Waals surface area contributed by atoms with Gasteiger partial charge in [0, 0.05) is 6.54 Å². The first-order valence-corrected chi connectivity index (χ1v) is 4.31. The zero-order valence-corrected chi connectivity index (χ0v) is 7.25. The summed E-state index contributed by atoms with van der Waals surface area (Å²) in [6, 6.07) is 0. The number of allylic oxidation sites excluding steroid dienone is 1. The minimum absolute atomic E-state index is 0.786. The third kappa shape index (κ3) is 4.17. The molecule has 0 aromatic rings. The molecule has 0 saturated carbocycles. The average Bonchev–Trinajstić information content (AvgIpc) is 2.03. The highest BCUT2D eigenvalue weighted by Crippen LogP contribution is 1.98. The molecule has 1 aliphatic heterocycles. The monoisotopic (exact) mass is 155 g/mol. The zero-order chi connectivity index (χ0) is 7.94. The van der Waals surface area contributed by atoms with Gasteiger partial charge in [0.1, 0.15) is 0 Å². The molecule has 64 valence electrons. The standard InChI is InChI=1S/C9H17NO/c1-10-7-5-3-2-4-6-8-11-9-10/h2,4H,3,5-9H2,1H3/b4-2+. The first kappa shape index (κ1) is 8.75. The van der Waals surface area contributed by atoms with Crippen LogP contribution in [0.5, 0.6) is 0 Å². The first-order chi connectivity index (χ1) is 5.39. The third-order valence-electron chi connectivity index (χ3n) is 1.82. The smallest absolute Gasteiger partial charge is 0.0987 e. The second-order valence-corrected chi connectivity index (χ2v) is 3.02. The largest absolute Gasteiger partial charge is 0.366 e. The lowest BCUT2D eigenvalue weighted by molar-refractivity contribution is 0.0444. The molecule has 0 amide bonds. The molecule has 1 aliphatic rings. The van der Waals surface area contributed by atoms with E-state index in [9.17, 15) is 0 Å². The molecule has 0 unspecified atom stereocenters. The van der Waals surface area contributed by atoms with Crippen LogP contribution in [0.15, 0.2) is 12.2 Å². The van der Waals surface area contributed by atoms with Crippen molar-refractivity contribution in [1.82, 2.24) is 4.90 Å².